The molecule has 1 rings (SSSR count). The van der Waals surface area contributed by atoms with E-state index < -0.39 is 0 Å². The van der Waals surface area contributed by atoms with Gasteiger partial charge in [0.05, 0.1) is 0 Å². The molecule has 0 bridgehead atoms. The molecule has 0 spiro atoms. The SMILES string of the molecule is CCC/C=C/CC/C=C\CCCCO[C@@H]1CCCCO1. The summed E-state index contributed by atoms with van der Waals surface area (Å²) in [6.45, 7) is 3.94. The summed E-state index contributed by atoms with van der Waals surface area (Å²) in [5.41, 5.74) is 0. The third-order valence-corrected chi connectivity index (χ3v) is 3.50. The highest BCUT2D eigenvalue weighted by molar-refractivity contribution is 4.87. The molecular formula is C18H32O2. The summed E-state index contributed by atoms with van der Waals surface area (Å²) in [6, 6.07) is 0. The lowest BCUT2D eigenvalue weighted by atomic mass is 10.2. The van der Waals surface area contributed by atoms with Crippen LogP contribution in [-0.2, 0) is 9.47 Å². The predicted molar refractivity (Wildman–Crippen MR) is 85.8 cm³/mol. The number of unbranched alkanes of at least 4 members (excludes halogenated alkanes) is 4. The summed E-state index contributed by atoms with van der Waals surface area (Å²) in [5.74, 6) is 0. The molecule has 0 aromatic heterocycles. The quantitative estimate of drug-likeness (QED) is 0.373. The van der Waals surface area contributed by atoms with Crippen LogP contribution in [0.2, 0.25) is 0 Å². The van der Waals surface area contributed by atoms with E-state index in [0.29, 0.717) is 0 Å². The summed E-state index contributed by atoms with van der Waals surface area (Å²) in [4.78, 5) is 0. The molecule has 1 fully saturated rings. The Balaban J connectivity index is 1.81. The van der Waals surface area contributed by atoms with Crippen LogP contribution in [0.3, 0.4) is 0 Å². The maximum Gasteiger partial charge on any atom is 0.157 e. The van der Waals surface area contributed by atoms with Crippen molar-refractivity contribution in [3.63, 3.8) is 0 Å². The maximum atomic E-state index is 5.71. The van der Waals surface area contributed by atoms with E-state index in [1.165, 1.54) is 51.4 Å². The van der Waals surface area contributed by atoms with Gasteiger partial charge in [0.25, 0.3) is 0 Å². The first-order valence-electron chi connectivity index (χ1n) is 8.46. The molecule has 2 heteroatoms. The van der Waals surface area contributed by atoms with Crippen LogP contribution in [0.15, 0.2) is 24.3 Å². The van der Waals surface area contributed by atoms with Crippen molar-refractivity contribution >= 4 is 0 Å². The van der Waals surface area contributed by atoms with Crippen molar-refractivity contribution in [2.75, 3.05) is 13.2 Å². The van der Waals surface area contributed by atoms with Gasteiger partial charge in [-0.25, -0.2) is 0 Å². The Morgan fingerprint density at radius 3 is 2.40 bits per heavy atom. The van der Waals surface area contributed by atoms with E-state index in [4.69, 9.17) is 9.47 Å². The molecule has 0 radical (unpaired) electrons. The van der Waals surface area contributed by atoms with Crippen LogP contribution in [0, 0.1) is 0 Å². The second kappa shape index (κ2) is 13.4. The fourth-order valence-corrected chi connectivity index (χ4v) is 2.25. The van der Waals surface area contributed by atoms with Crippen LogP contribution in [-0.4, -0.2) is 19.5 Å². The van der Waals surface area contributed by atoms with E-state index in [-0.39, 0.29) is 6.29 Å². The largest absolute Gasteiger partial charge is 0.353 e. The van der Waals surface area contributed by atoms with Crippen LogP contribution < -0.4 is 0 Å². The van der Waals surface area contributed by atoms with Gasteiger partial charge in [-0.1, -0.05) is 37.6 Å². The lowest BCUT2D eigenvalue weighted by Crippen LogP contribution is -2.22. The Morgan fingerprint density at radius 2 is 1.70 bits per heavy atom. The van der Waals surface area contributed by atoms with Gasteiger partial charge in [0.1, 0.15) is 0 Å². The molecule has 1 aliphatic rings. The summed E-state index contributed by atoms with van der Waals surface area (Å²) >= 11 is 0. The lowest BCUT2D eigenvalue weighted by Gasteiger charge is -2.22. The van der Waals surface area contributed by atoms with Crippen molar-refractivity contribution in [1.29, 1.82) is 0 Å². The van der Waals surface area contributed by atoms with Crippen molar-refractivity contribution in [3.8, 4) is 0 Å². The maximum absolute atomic E-state index is 5.71. The van der Waals surface area contributed by atoms with Gasteiger partial charge >= 0.3 is 0 Å². The zero-order chi connectivity index (χ0) is 14.3. The average molecular weight is 280 g/mol. The standard InChI is InChI=1S/C18H32O2/c1-2-3-4-5-6-7-8-9-10-11-13-16-19-18-15-12-14-17-20-18/h4-5,8-9,18H,2-3,6-7,10-17H2,1H3/b5-4+,9-8-/t18-/m0/s1. The first kappa shape index (κ1) is 17.5. The van der Waals surface area contributed by atoms with Crippen molar-refractivity contribution in [3.05, 3.63) is 24.3 Å². The number of rotatable bonds is 11. The molecule has 2 nitrogen and oxygen atoms in total. The van der Waals surface area contributed by atoms with Crippen molar-refractivity contribution in [2.45, 2.75) is 77.4 Å². The molecule has 0 N–H and O–H groups in total. The second-order valence-corrected chi connectivity index (χ2v) is 5.47. The van der Waals surface area contributed by atoms with Gasteiger partial charge in [-0.15, -0.1) is 0 Å². The Morgan fingerprint density at radius 1 is 0.950 bits per heavy atom. The first-order chi connectivity index (χ1) is 9.93. The molecule has 20 heavy (non-hydrogen) atoms. The van der Waals surface area contributed by atoms with Gasteiger partial charge in [0.2, 0.25) is 0 Å². The highest BCUT2D eigenvalue weighted by Crippen LogP contribution is 2.14. The molecule has 1 atom stereocenters. The molecule has 0 aromatic rings. The zero-order valence-corrected chi connectivity index (χ0v) is 13.2. The van der Waals surface area contributed by atoms with E-state index in [2.05, 4.69) is 31.2 Å². The third-order valence-electron chi connectivity index (χ3n) is 3.50. The van der Waals surface area contributed by atoms with Crippen molar-refractivity contribution < 1.29 is 9.47 Å². The van der Waals surface area contributed by atoms with Gasteiger partial charge in [-0.3, -0.25) is 0 Å². The van der Waals surface area contributed by atoms with Crippen LogP contribution in [0.5, 0.6) is 0 Å². The van der Waals surface area contributed by atoms with E-state index in [9.17, 15) is 0 Å². The minimum atomic E-state index is 0.0780. The molecule has 0 unspecified atom stereocenters. The minimum Gasteiger partial charge on any atom is -0.353 e. The number of allylic oxidation sites excluding steroid dienone is 4. The highest BCUT2D eigenvalue weighted by atomic mass is 16.7. The van der Waals surface area contributed by atoms with E-state index in [1.807, 2.05) is 0 Å². The van der Waals surface area contributed by atoms with E-state index in [1.54, 1.807) is 0 Å². The van der Waals surface area contributed by atoms with Crippen molar-refractivity contribution in [1.82, 2.24) is 0 Å². The van der Waals surface area contributed by atoms with E-state index in [0.717, 1.165) is 26.1 Å². The Labute approximate surface area is 125 Å². The molecule has 1 heterocycles. The van der Waals surface area contributed by atoms with Gasteiger partial charge in [-0.2, -0.15) is 0 Å². The van der Waals surface area contributed by atoms with Gasteiger partial charge in [0.15, 0.2) is 6.29 Å². The molecule has 116 valence electrons. The van der Waals surface area contributed by atoms with Crippen LogP contribution in [0.1, 0.15) is 71.1 Å². The third kappa shape index (κ3) is 10.2. The smallest absolute Gasteiger partial charge is 0.157 e. The minimum absolute atomic E-state index is 0.0780. The molecule has 0 amide bonds. The van der Waals surface area contributed by atoms with Crippen LogP contribution in [0.25, 0.3) is 0 Å². The fourth-order valence-electron chi connectivity index (χ4n) is 2.25. The normalized spacial score (nSPS) is 20.1. The monoisotopic (exact) mass is 280 g/mol. The Kier molecular flexibility index (Phi) is 11.7. The second-order valence-electron chi connectivity index (χ2n) is 5.47. The summed E-state index contributed by atoms with van der Waals surface area (Å²) < 4.78 is 11.2. The van der Waals surface area contributed by atoms with Gasteiger partial charge in [-0.05, 0) is 57.8 Å². The Hall–Kier alpha value is -0.600. The Bertz CT molecular complexity index is 252. The van der Waals surface area contributed by atoms with Crippen LogP contribution in [0.4, 0.5) is 0 Å². The number of hydrogen-bond donors (Lipinski definition) is 0. The van der Waals surface area contributed by atoms with Crippen molar-refractivity contribution in [2.24, 2.45) is 0 Å². The topological polar surface area (TPSA) is 18.5 Å². The fraction of sp³-hybridized carbons (Fsp3) is 0.778. The number of hydrogen-bond acceptors (Lipinski definition) is 2. The number of ether oxygens (including phenoxy) is 2. The van der Waals surface area contributed by atoms with E-state index >= 15 is 0 Å². The molecule has 1 saturated heterocycles. The van der Waals surface area contributed by atoms with Crippen LogP contribution >= 0.6 is 0 Å². The summed E-state index contributed by atoms with van der Waals surface area (Å²) in [6.07, 6.45) is 21.2. The molecule has 0 aliphatic carbocycles. The highest BCUT2D eigenvalue weighted by Gasteiger charge is 2.12. The van der Waals surface area contributed by atoms with Gasteiger partial charge in [0, 0.05) is 13.2 Å². The lowest BCUT2D eigenvalue weighted by molar-refractivity contribution is -0.162. The molecule has 0 aromatic carbocycles. The van der Waals surface area contributed by atoms with Gasteiger partial charge < -0.3 is 9.47 Å². The molecular weight excluding hydrogens is 248 g/mol. The molecule has 1 aliphatic heterocycles. The summed E-state index contributed by atoms with van der Waals surface area (Å²) in [5, 5.41) is 0. The zero-order valence-electron chi connectivity index (χ0n) is 13.2. The predicted octanol–water partition coefficient (Wildman–Crippen LogP) is 5.39. The molecule has 0 saturated carbocycles. The first-order valence-corrected chi connectivity index (χ1v) is 8.46. The summed E-state index contributed by atoms with van der Waals surface area (Å²) in [7, 11) is 0. The average Bonchev–Trinajstić information content (AvgIpc) is 2.49.